The first kappa shape index (κ1) is 24.7. The van der Waals surface area contributed by atoms with Crippen LogP contribution in [0.4, 0.5) is 10.1 Å². The molecule has 0 spiro atoms. The van der Waals surface area contributed by atoms with E-state index >= 15 is 0 Å². The molecule has 1 aromatic carbocycles. The molecule has 11 heteroatoms. The second-order valence-electron chi connectivity index (χ2n) is 10.7. The number of benzene rings is 1. The SMILES string of the molecule is N=C/C(C(=O)Nc1cc2cn(C3CCN(CC4(F)CNC4)CC3)nc2cc1OCC1CC1)=C1/N=CC=CN1. The molecular weight excluding hydrogens is 487 g/mol. The van der Waals surface area contributed by atoms with E-state index < -0.39 is 11.6 Å². The Morgan fingerprint density at radius 2 is 2.08 bits per heavy atom. The number of ether oxygens (including phenoxy) is 1. The third kappa shape index (κ3) is 5.34. The van der Waals surface area contributed by atoms with Gasteiger partial charge in [-0.25, -0.2) is 9.38 Å². The van der Waals surface area contributed by atoms with Crippen molar-refractivity contribution in [2.24, 2.45) is 10.9 Å². The first-order valence-electron chi connectivity index (χ1n) is 13.3. The molecule has 1 amide bonds. The van der Waals surface area contributed by atoms with Gasteiger partial charge in [0.1, 0.15) is 17.2 Å². The van der Waals surface area contributed by atoms with Gasteiger partial charge in [-0.3, -0.25) is 14.4 Å². The van der Waals surface area contributed by atoms with Crippen LogP contribution in [0.2, 0.25) is 0 Å². The minimum absolute atomic E-state index is 0.119. The van der Waals surface area contributed by atoms with E-state index in [-0.39, 0.29) is 11.6 Å². The number of rotatable bonds is 9. The number of carbonyl (C=O) groups is 1. The number of carbonyl (C=O) groups excluding carboxylic acids is 1. The second-order valence-corrected chi connectivity index (χ2v) is 10.7. The summed E-state index contributed by atoms with van der Waals surface area (Å²) in [4.78, 5) is 19.5. The Hall–Kier alpha value is -3.57. The van der Waals surface area contributed by atoms with Crippen LogP contribution in [-0.2, 0) is 4.79 Å². The summed E-state index contributed by atoms with van der Waals surface area (Å²) >= 11 is 0. The molecule has 4 heterocycles. The molecule has 1 aliphatic carbocycles. The number of allylic oxidation sites excluding steroid dienone is 1. The Kier molecular flexibility index (Phi) is 6.71. The number of likely N-dealkylation sites (tertiary alicyclic amines) is 1. The Morgan fingerprint density at radius 1 is 1.26 bits per heavy atom. The minimum atomic E-state index is -1.09. The van der Waals surface area contributed by atoms with Crippen molar-refractivity contribution < 1.29 is 13.9 Å². The van der Waals surface area contributed by atoms with Gasteiger partial charge in [0.2, 0.25) is 0 Å². The molecular formula is C27H33FN8O2. The fourth-order valence-electron chi connectivity index (χ4n) is 5.12. The predicted octanol–water partition coefficient (Wildman–Crippen LogP) is 2.76. The molecule has 1 saturated carbocycles. The van der Waals surface area contributed by atoms with E-state index in [9.17, 15) is 9.18 Å². The average molecular weight is 521 g/mol. The number of piperidine rings is 1. The van der Waals surface area contributed by atoms with E-state index in [1.807, 2.05) is 23.0 Å². The lowest BCUT2D eigenvalue weighted by Crippen LogP contribution is -2.62. The molecule has 3 aliphatic heterocycles. The molecule has 10 nitrogen and oxygen atoms in total. The molecule has 3 fully saturated rings. The number of aliphatic imine (C=N–C) groups is 1. The number of hydrogen-bond acceptors (Lipinski definition) is 8. The van der Waals surface area contributed by atoms with E-state index in [0.29, 0.717) is 49.4 Å². The van der Waals surface area contributed by atoms with Crippen LogP contribution in [0.5, 0.6) is 5.75 Å². The lowest BCUT2D eigenvalue weighted by atomic mass is 9.96. The monoisotopic (exact) mass is 520 g/mol. The van der Waals surface area contributed by atoms with Gasteiger partial charge in [-0.05, 0) is 43.7 Å². The average Bonchev–Trinajstić information content (AvgIpc) is 3.65. The minimum Gasteiger partial charge on any atom is -0.491 e. The second kappa shape index (κ2) is 10.3. The maximum absolute atomic E-state index is 14.5. The van der Waals surface area contributed by atoms with E-state index in [2.05, 4.69) is 25.8 Å². The van der Waals surface area contributed by atoms with Gasteiger partial charge in [0, 0.05) is 69.0 Å². The zero-order chi connectivity index (χ0) is 26.1. The van der Waals surface area contributed by atoms with Crippen molar-refractivity contribution in [3.05, 3.63) is 42.0 Å². The normalized spacial score (nSPS) is 22.6. The standard InChI is InChI=1S/C27H33FN8O2/c28-27(15-30-16-27)17-35-8-4-20(5-9-35)36-13-19-10-23(24(11-22(19)34-36)38-14-18-2-3-18)33-26(37)21(12-29)25-31-6-1-7-32-25/h1,6-7,10-13,18,20,29-31H,2-5,8-9,14-17H2,(H,33,37)/b25-21-,29-12?. The Balaban J connectivity index is 1.21. The van der Waals surface area contributed by atoms with Crippen LogP contribution in [0.3, 0.4) is 0 Å². The Morgan fingerprint density at radius 3 is 2.74 bits per heavy atom. The van der Waals surface area contributed by atoms with E-state index in [0.717, 1.165) is 55.9 Å². The largest absolute Gasteiger partial charge is 0.491 e. The zero-order valence-corrected chi connectivity index (χ0v) is 21.3. The van der Waals surface area contributed by atoms with Gasteiger partial charge in [0.05, 0.1) is 29.4 Å². The summed E-state index contributed by atoms with van der Waals surface area (Å²) < 4.78 is 22.6. The van der Waals surface area contributed by atoms with Gasteiger partial charge in [-0.2, -0.15) is 5.10 Å². The molecule has 0 atom stereocenters. The van der Waals surface area contributed by atoms with Crippen LogP contribution < -0.4 is 20.7 Å². The smallest absolute Gasteiger partial charge is 0.261 e. The zero-order valence-electron chi connectivity index (χ0n) is 21.3. The number of aromatic nitrogens is 2. The number of amides is 1. The van der Waals surface area contributed by atoms with Gasteiger partial charge in [0.15, 0.2) is 0 Å². The predicted molar refractivity (Wildman–Crippen MR) is 145 cm³/mol. The fourth-order valence-corrected chi connectivity index (χ4v) is 5.12. The number of halogens is 1. The van der Waals surface area contributed by atoms with Crippen LogP contribution in [0.25, 0.3) is 10.9 Å². The van der Waals surface area contributed by atoms with Crippen molar-refractivity contribution in [1.29, 1.82) is 5.41 Å². The van der Waals surface area contributed by atoms with E-state index in [4.69, 9.17) is 15.2 Å². The summed E-state index contributed by atoms with van der Waals surface area (Å²) in [5.74, 6) is 0.975. The van der Waals surface area contributed by atoms with Crippen molar-refractivity contribution in [1.82, 2.24) is 25.3 Å². The third-order valence-corrected chi connectivity index (χ3v) is 7.61. The van der Waals surface area contributed by atoms with Gasteiger partial charge in [-0.15, -0.1) is 0 Å². The van der Waals surface area contributed by atoms with E-state index in [1.54, 1.807) is 18.5 Å². The van der Waals surface area contributed by atoms with Crippen molar-refractivity contribution in [2.75, 3.05) is 44.6 Å². The summed E-state index contributed by atoms with van der Waals surface area (Å²) in [6.45, 7) is 3.66. The molecule has 0 radical (unpaired) electrons. The van der Waals surface area contributed by atoms with E-state index in [1.165, 1.54) is 0 Å². The molecule has 6 rings (SSSR count). The summed E-state index contributed by atoms with van der Waals surface area (Å²) in [6.07, 6.45) is 12.1. The highest BCUT2D eigenvalue weighted by atomic mass is 19.1. The summed E-state index contributed by atoms with van der Waals surface area (Å²) in [7, 11) is 0. The molecule has 1 aromatic heterocycles. The maximum Gasteiger partial charge on any atom is 0.261 e. The molecule has 0 bridgehead atoms. The van der Waals surface area contributed by atoms with Gasteiger partial charge in [-0.1, -0.05) is 0 Å². The molecule has 4 aliphatic rings. The summed E-state index contributed by atoms with van der Waals surface area (Å²) in [6, 6.07) is 4.00. The molecule has 2 saturated heterocycles. The molecule has 4 N–H and O–H groups in total. The first-order valence-corrected chi connectivity index (χ1v) is 13.3. The molecule has 0 unspecified atom stereocenters. The Bertz CT molecular complexity index is 1320. The van der Waals surface area contributed by atoms with Crippen molar-refractivity contribution in [3.8, 4) is 5.75 Å². The van der Waals surface area contributed by atoms with Crippen molar-refractivity contribution in [3.63, 3.8) is 0 Å². The maximum atomic E-state index is 14.5. The first-order chi connectivity index (χ1) is 18.5. The summed E-state index contributed by atoms with van der Waals surface area (Å²) in [5, 5.41) is 22.4. The lowest BCUT2D eigenvalue weighted by Gasteiger charge is -2.41. The fraction of sp³-hybridized carbons (Fsp3) is 0.481. The number of alkyl halides is 1. The van der Waals surface area contributed by atoms with Crippen LogP contribution >= 0.6 is 0 Å². The molecule has 38 heavy (non-hydrogen) atoms. The number of fused-ring (bicyclic) bond motifs is 1. The van der Waals surface area contributed by atoms with Crippen LogP contribution in [0, 0.1) is 11.3 Å². The molecule has 2 aromatic rings. The highest BCUT2D eigenvalue weighted by molar-refractivity contribution is 6.18. The lowest BCUT2D eigenvalue weighted by molar-refractivity contribution is -0.112. The Labute approximate surface area is 220 Å². The highest BCUT2D eigenvalue weighted by Crippen LogP contribution is 2.35. The number of hydrogen-bond donors (Lipinski definition) is 4. The van der Waals surface area contributed by atoms with Gasteiger partial charge < -0.3 is 26.1 Å². The third-order valence-electron chi connectivity index (χ3n) is 7.61. The van der Waals surface area contributed by atoms with Gasteiger partial charge >= 0.3 is 0 Å². The highest BCUT2D eigenvalue weighted by Gasteiger charge is 2.39. The van der Waals surface area contributed by atoms with Crippen LogP contribution in [0.15, 0.2) is 47.0 Å². The number of nitrogens with one attached hydrogen (secondary N) is 4. The van der Waals surface area contributed by atoms with Crippen molar-refractivity contribution >= 4 is 34.9 Å². The van der Waals surface area contributed by atoms with Gasteiger partial charge in [0.25, 0.3) is 5.91 Å². The topological polar surface area (TPSA) is 120 Å². The quantitative estimate of drug-likeness (QED) is 0.298. The molecule has 200 valence electrons. The summed E-state index contributed by atoms with van der Waals surface area (Å²) in [5.41, 5.74) is 0.368. The van der Waals surface area contributed by atoms with Crippen molar-refractivity contribution in [2.45, 2.75) is 37.4 Å². The number of anilines is 1. The van der Waals surface area contributed by atoms with Crippen LogP contribution in [-0.4, -0.2) is 78.0 Å². The number of nitrogens with zero attached hydrogens (tertiary/aromatic N) is 4. The van der Waals surface area contributed by atoms with Crippen LogP contribution in [0.1, 0.15) is 31.7 Å².